The first-order valence-corrected chi connectivity index (χ1v) is 11.6. The molecule has 5 rings (SSSR count). The van der Waals surface area contributed by atoms with Crippen molar-refractivity contribution in [3.8, 4) is 11.5 Å². The minimum atomic E-state index is -0.643. The van der Waals surface area contributed by atoms with Crippen LogP contribution in [0.3, 0.4) is 0 Å². The summed E-state index contributed by atoms with van der Waals surface area (Å²) in [6.45, 7) is 3.47. The Morgan fingerprint density at radius 1 is 1.09 bits per heavy atom. The second-order valence-corrected chi connectivity index (χ2v) is 9.42. The molecule has 0 aromatic heterocycles. The van der Waals surface area contributed by atoms with Crippen LogP contribution in [0, 0.1) is 5.41 Å². The third-order valence-corrected chi connectivity index (χ3v) is 7.24. The van der Waals surface area contributed by atoms with Crippen molar-refractivity contribution in [2.75, 3.05) is 33.9 Å². The number of likely N-dealkylation sites (tertiary alicyclic amines) is 1. The van der Waals surface area contributed by atoms with Gasteiger partial charge in [0.1, 0.15) is 18.1 Å². The van der Waals surface area contributed by atoms with Crippen LogP contribution in [0.1, 0.15) is 47.9 Å². The summed E-state index contributed by atoms with van der Waals surface area (Å²) in [5.41, 5.74) is 6.68. The zero-order chi connectivity index (χ0) is 23.0. The van der Waals surface area contributed by atoms with Gasteiger partial charge in [0.15, 0.2) is 0 Å². The molecule has 0 amide bonds. The van der Waals surface area contributed by atoms with E-state index in [4.69, 9.17) is 14.2 Å². The second kappa shape index (κ2) is 8.84. The van der Waals surface area contributed by atoms with Crippen LogP contribution < -0.4 is 9.47 Å². The summed E-state index contributed by atoms with van der Waals surface area (Å²) in [6, 6.07) is 12.5. The Kier molecular flexibility index (Phi) is 5.89. The SMILES string of the molecule is COCc1ccc2c(c1)C(=C1CCN(CC3(C(=O)O)CC3)CC1)c1ccc(OC)cc1CO2. The van der Waals surface area contributed by atoms with E-state index in [0.29, 0.717) is 19.8 Å². The summed E-state index contributed by atoms with van der Waals surface area (Å²) in [5.74, 6) is 1.07. The largest absolute Gasteiger partial charge is 0.497 e. The van der Waals surface area contributed by atoms with Gasteiger partial charge in [-0.25, -0.2) is 0 Å². The van der Waals surface area contributed by atoms with Crippen LogP contribution in [-0.2, 0) is 22.7 Å². The number of hydrogen-bond donors (Lipinski definition) is 1. The highest BCUT2D eigenvalue weighted by molar-refractivity contribution is 5.87. The lowest BCUT2D eigenvalue weighted by atomic mass is 9.85. The third-order valence-electron chi connectivity index (χ3n) is 7.24. The van der Waals surface area contributed by atoms with E-state index in [2.05, 4.69) is 29.2 Å². The molecule has 6 nitrogen and oxygen atoms in total. The normalized spacial score (nSPS) is 19.2. The van der Waals surface area contributed by atoms with Crippen LogP contribution in [-0.4, -0.2) is 49.8 Å². The van der Waals surface area contributed by atoms with Crippen molar-refractivity contribution < 1.29 is 24.1 Å². The summed E-state index contributed by atoms with van der Waals surface area (Å²) >= 11 is 0. The van der Waals surface area contributed by atoms with E-state index in [1.165, 1.54) is 16.7 Å². The van der Waals surface area contributed by atoms with Gasteiger partial charge in [-0.1, -0.05) is 17.7 Å². The van der Waals surface area contributed by atoms with Crippen molar-refractivity contribution in [2.45, 2.75) is 38.9 Å². The monoisotopic (exact) mass is 449 g/mol. The van der Waals surface area contributed by atoms with Gasteiger partial charge in [0.2, 0.25) is 0 Å². The summed E-state index contributed by atoms with van der Waals surface area (Å²) in [7, 11) is 3.40. The fourth-order valence-electron chi connectivity index (χ4n) is 5.15. The molecule has 0 radical (unpaired) electrons. The van der Waals surface area contributed by atoms with Gasteiger partial charge in [0, 0.05) is 37.9 Å². The minimum absolute atomic E-state index is 0.493. The highest BCUT2D eigenvalue weighted by atomic mass is 16.5. The van der Waals surface area contributed by atoms with Crippen molar-refractivity contribution in [1.29, 1.82) is 0 Å². The van der Waals surface area contributed by atoms with Crippen LogP contribution in [0.5, 0.6) is 11.5 Å². The molecule has 1 saturated carbocycles. The summed E-state index contributed by atoms with van der Waals surface area (Å²) in [5, 5.41) is 9.58. The molecule has 0 unspecified atom stereocenters. The smallest absolute Gasteiger partial charge is 0.310 e. The molecule has 174 valence electrons. The van der Waals surface area contributed by atoms with Crippen molar-refractivity contribution in [2.24, 2.45) is 5.41 Å². The lowest BCUT2D eigenvalue weighted by Gasteiger charge is -2.32. The Bertz CT molecular complexity index is 1090. The number of hydrogen-bond acceptors (Lipinski definition) is 5. The molecule has 2 heterocycles. The van der Waals surface area contributed by atoms with E-state index in [0.717, 1.165) is 67.0 Å². The first-order valence-electron chi connectivity index (χ1n) is 11.6. The number of carboxylic acid groups (broad SMARTS) is 1. The lowest BCUT2D eigenvalue weighted by molar-refractivity contribution is -0.144. The maximum atomic E-state index is 11.6. The van der Waals surface area contributed by atoms with E-state index < -0.39 is 11.4 Å². The van der Waals surface area contributed by atoms with E-state index in [1.807, 2.05) is 12.1 Å². The first-order chi connectivity index (χ1) is 16.0. The quantitative estimate of drug-likeness (QED) is 0.701. The highest BCUT2D eigenvalue weighted by Gasteiger charge is 2.51. The van der Waals surface area contributed by atoms with Crippen LogP contribution >= 0.6 is 0 Å². The van der Waals surface area contributed by atoms with Gasteiger partial charge in [0.05, 0.1) is 19.1 Å². The van der Waals surface area contributed by atoms with Crippen molar-refractivity contribution in [3.05, 3.63) is 64.2 Å². The molecule has 0 spiro atoms. The molecule has 1 saturated heterocycles. The number of aliphatic carboxylic acids is 1. The van der Waals surface area contributed by atoms with Gasteiger partial charge < -0.3 is 24.2 Å². The van der Waals surface area contributed by atoms with Gasteiger partial charge in [-0.15, -0.1) is 0 Å². The average molecular weight is 450 g/mol. The molecule has 3 aliphatic rings. The molecule has 33 heavy (non-hydrogen) atoms. The van der Waals surface area contributed by atoms with E-state index in [9.17, 15) is 9.90 Å². The van der Waals surface area contributed by atoms with Gasteiger partial charge in [-0.2, -0.15) is 0 Å². The van der Waals surface area contributed by atoms with E-state index >= 15 is 0 Å². The molecule has 2 aromatic rings. The number of benzene rings is 2. The summed E-state index contributed by atoms with van der Waals surface area (Å²) < 4.78 is 17.1. The number of nitrogens with zero attached hydrogens (tertiary/aromatic N) is 1. The number of carboxylic acids is 1. The lowest BCUT2D eigenvalue weighted by Crippen LogP contribution is -2.38. The Labute approximate surface area is 194 Å². The Morgan fingerprint density at radius 2 is 1.88 bits per heavy atom. The van der Waals surface area contributed by atoms with E-state index in [-0.39, 0.29) is 0 Å². The molecule has 2 aromatic carbocycles. The number of carbonyl (C=O) groups is 1. The second-order valence-electron chi connectivity index (χ2n) is 9.42. The van der Waals surface area contributed by atoms with Gasteiger partial charge >= 0.3 is 5.97 Å². The van der Waals surface area contributed by atoms with Crippen LogP contribution in [0.4, 0.5) is 0 Å². The van der Waals surface area contributed by atoms with Gasteiger partial charge in [0.25, 0.3) is 0 Å². The Hall–Kier alpha value is -2.83. The molecule has 1 N–H and O–H groups in total. The average Bonchev–Trinajstić information content (AvgIpc) is 3.63. The predicted octanol–water partition coefficient (Wildman–Crippen LogP) is 4.50. The first kappa shape index (κ1) is 22.0. The number of piperidine rings is 1. The molecule has 2 fully saturated rings. The molecule has 0 bridgehead atoms. The fourth-order valence-corrected chi connectivity index (χ4v) is 5.15. The van der Waals surface area contributed by atoms with Crippen molar-refractivity contribution >= 4 is 11.5 Å². The Balaban J connectivity index is 1.52. The maximum absolute atomic E-state index is 11.6. The number of ether oxygens (including phenoxy) is 3. The van der Waals surface area contributed by atoms with E-state index in [1.54, 1.807) is 14.2 Å². The third kappa shape index (κ3) is 4.25. The van der Waals surface area contributed by atoms with Crippen LogP contribution in [0.2, 0.25) is 0 Å². The summed E-state index contributed by atoms with van der Waals surface area (Å²) in [4.78, 5) is 14.0. The molecular weight excluding hydrogens is 418 g/mol. The minimum Gasteiger partial charge on any atom is -0.497 e. The number of fused-ring (bicyclic) bond motifs is 2. The van der Waals surface area contributed by atoms with Crippen molar-refractivity contribution in [3.63, 3.8) is 0 Å². The molecule has 0 atom stereocenters. The number of methoxy groups -OCH3 is 2. The molecule has 6 heteroatoms. The Morgan fingerprint density at radius 3 is 2.55 bits per heavy atom. The standard InChI is InChI=1S/C27H31NO5/c1-31-15-18-3-6-24-23(13-18)25(22-5-4-21(32-2)14-20(22)16-33-24)19-7-11-28(12-8-19)17-27(9-10-27)26(29)30/h3-6,13-14H,7-12,15-17H2,1-2H3,(H,29,30). The van der Waals surface area contributed by atoms with Gasteiger partial charge in [-0.05, 0) is 66.6 Å². The zero-order valence-electron chi connectivity index (χ0n) is 19.4. The van der Waals surface area contributed by atoms with Crippen LogP contribution in [0.25, 0.3) is 5.57 Å². The van der Waals surface area contributed by atoms with Gasteiger partial charge in [-0.3, -0.25) is 4.79 Å². The fraction of sp³-hybridized carbons (Fsp3) is 0.444. The number of rotatable bonds is 6. The highest BCUT2D eigenvalue weighted by Crippen LogP contribution is 2.47. The van der Waals surface area contributed by atoms with Crippen molar-refractivity contribution in [1.82, 2.24) is 4.90 Å². The molecule has 2 aliphatic heterocycles. The summed E-state index contributed by atoms with van der Waals surface area (Å²) in [6.07, 6.45) is 3.44. The van der Waals surface area contributed by atoms with Crippen LogP contribution in [0.15, 0.2) is 42.0 Å². The predicted molar refractivity (Wildman–Crippen MR) is 125 cm³/mol. The zero-order valence-corrected chi connectivity index (χ0v) is 19.4. The molecular formula is C27H31NO5. The topological polar surface area (TPSA) is 68.2 Å². The molecule has 1 aliphatic carbocycles. The maximum Gasteiger partial charge on any atom is 0.310 e.